The molecule has 1 aromatic rings. The van der Waals surface area contributed by atoms with Crippen LogP contribution in [-0.4, -0.2) is 33.2 Å². The Morgan fingerprint density at radius 1 is 1.35 bits per heavy atom. The Balaban J connectivity index is 2.92. The predicted molar refractivity (Wildman–Crippen MR) is 84.2 cm³/mol. The van der Waals surface area contributed by atoms with Gasteiger partial charge in [-0.3, -0.25) is 9.10 Å². The van der Waals surface area contributed by atoms with Crippen molar-refractivity contribution in [3.63, 3.8) is 0 Å². The van der Waals surface area contributed by atoms with Crippen molar-refractivity contribution in [2.75, 3.05) is 17.1 Å². The predicted octanol–water partition coefficient (Wildman–Crippen LogP) is 2.13. The maximum atomic E-state index is 11.9. The smallest absolute Gasteiger partial charge is 0.240 e. The van der Waals surface area contributed by atoms with E-state index in [1.54, 1.807) is 24.3 Å². The molecule has 0 spiro atoms. The Bertz CT molecular complexity index is 557. The molecule has 0 bridgehead atoms. The Morgan fingerprint density at radius 2 is 1.90 bits per heavy atom. The lowest BCUT2D eigenvalue weighted by Crippen LogP contribution is -2.43. The lowest BCUT2D eigenvalue weighted by molar-refractivity contribution is -0.120. The van der Waals surface area contributed by atoms with Gasteiger partial charge in [0.05, 0.1) is 11.9 Å². The Hall–Kier alpha value is -1.08. The van der Waals surface area contributed by atoms with Crippen LogP contribution in [0.15, 0.2) is 28.7 Å². The summed E-state index contributed by atoms with van der Waals surface area (Å²) >= 11 is 3.29. The Morgan fingerprint density at radius 3 is 2.35 bits per heavy atom. The van der Waals surface area contributed by atoms with Crippen LogP contribution in [0, 0.1) is 0 Å². The summed E-state index contributed by atoms with van der Waals surface area (Å²) in [5.41, 5.74) is 0.468. The summed E-state index contributed by atoms with van der Waals surface area (Å²) < 4.78 is 25.6. The number of nitrogens with one attached hydrogen (secondary N) is 1. The number of amides is 1. The lowest BCUT2D eigenvalue weighted by Gasteiger charge is -2.23. The number of nitrogens with zero attached hydrogens (tertiary/aromatic N) is 1. The number of halogens is 1. The quantitative estimate of drug-likeness (QED) is 0.842. The van der Waals surface area contributed by atoms with E-state index in [4.69, 9.17) is 0 Å². The van der Waals surface area contributed by atoms with Crippen LogP contribution in [0.5, 0.6) is 0 Å². The minimum absolute atomic E-state index is 0.0221. The van der Waals surface area contributed by atoms with Gasteiger partial charge in [-0.25, -0.2) is 8.42 Å². The van der Waals surface area contributed by atoms with Gasteiger partial charge >= 0.3 is 0 Å². The molecule has 0 saturated heterocycles. The SMILES string of the molecule is CC[C@@H](C)NC(=O)CN(c1ccc(Br)cc1)S(C)(=O)=O. The highest BCUT2D eigenvalue weighted by Crippen LogP contribution is 2.20. The number of rotatable bonds is 6. The number of hydrogen-bond acceptors (Lipinski definition) is 3. The molecule has 0 aliphatic rings. The Labute approximate surface area is 128 Å². The van der Waals surface area contributed by atoms with E-state index in [9.17, 15) is 13.2 Å². The monoisotopic (exact) mass is 362 g/mol. The molecule has 1 amide bonds. The first-order valence-corrected chi connectivity index (χ1v) is 8.90. The van der Waals surface area contributed by atoms with E-state index in [1.807, 2.05) is 13.8 Å². The molecule has 0 saturated carbocycles. The molecule has 0 aliphatic carbocycles. The topological polar surface area (TPSA) is 66.5 Å². The molecular formula is C13H19BrN2O3S. The zero-order valence-corrected chi connectivity index (χ0v) is 14.2. The maximum absolute atomic E-state index is 11.9. The number of carbonyl (C=O) groups excluding carboxylic acids is 1. The van der Waals surface area contributed by atoms with Gasteiger partial charge < -0.3 is 5.32 Å². The van der Waals surface area contributed by atoms with Crippen LogP contribution in [-0.2, 0) is 14.8 Å². The number of benzene rings is 1. The van der Waals surface area contributed by atoms with Crippen molar-refractivity contribution in [1.29, 1.82) is 0 Å². The standard InChI is InChI=1S/C13H19BrN2O3S/c1-4-10(2)15-13(17)9-16(20(3,18)19)12-7-5-11(14)6-8-12/h5-8,10H,4,9H2,1-3H3,(H,15,17)/t10-/m1/s1. The van der Waals surface area contributed by atoms with Crippen molar-refractivity contribution < 1.29 is 13.2 Å². The lowest BCUT2D eigenvalue weighted by atomic mass is 10.2. The van der Waals surface area contributed by atoms with E-state index in [0.29, 0.717) is 5.69 Å². The van der Waals surface area contributed by atoms with E-state index in [0.717, 1.165) is 21.5 Å². The first-order valence-electron chi connectivity index (χ1n) is 6.26. The third kappa shape index (κ3) is 5.13. The van der Waals surface area contributed by atoms with Gasteiger partial charge in [0.15, 0.2) is 0 Å². The van der Waals surface area contributed by atoms with Crippen molar-refractivity contribution in [2.45, 2.75) is 26.3 Å². The molecule has 112 valence electrons. The van der Waals surface area contributed by atoms with Gasteiger partial charge in [-0.05, 0) is 37.6 Å². The molecule has 1 aromatic carbocycles. The van der Waals surface area contributed by atoms with E-state index in [-0.39, 0.29) is 18.5 Å². The summed E-state index contributed by atoms with van der Waals surface area (Å²) in [6.07, 6.45) is 1.88. The number of carbonyl (C=O) groups is 1. The van der Waals surface area contributed by atoms with Crippen LogP contribution in [0.2, 0.25) is 0 Å². The first-order chi connectivity index (χ1) is 9.24. The number of hydrogen-bond donors (Lipinski definition) is 1. The Kier molecular flexibility index (Phi) is 6.01. The van der Waals surface area contributed by atoms with Gasteiger partial charge in [0, 0.05) is 10.5 Å². The van der Waals surface area contributed by atoms with E-state index >= 15 is 0 Å². The van der Waals surface area contributed by atoms with Crippen LogP contribution in [0.3, 0.4) is 0 Å². The highest BCUT2D eigenvalue weighted by Gasteiger charge is 2.21. The number of anilines is 1. The van der Waals surface area contributed by atoms with Gasteiger partial charge in [0.1, 0.15) is 6.54 Å². The highest BCUT2D eigenvalue weighted by molar-refractivity contribution is 9.10. The summed E-state index contributed by atoms with van der Waals surface area (Å²) in [5, 5.41) is 2.76. The third-order valence-electron chi connectivity index (χ3n) is 2.82. The van der Waals surface area contributed by atoms with Crippen molar-refractivity contribution in [2.24, 2.45) is 0 Å². The van der Waals surface area contributed by atoms with Crippen LogP contribution in [0.1, 0.15) is 20.3 Å². The molecule has 0 fully saturated rings. The first kappa shape index (κ1) is 17.0. The minimum Gasteiger partial charge on any atom is -0.352 e. The molecule has 0 heterocycles. The summed E-state index contributed by atoms with van der Waals surface area (Å²) in [7, 11) is -3.51. The van der Waals surface area contributed by atoms with Gasteiger partial charge in [-0.15, -0.1) is 0 Å². The molecule has 0 unspecified atom stereocenters. The highest BCUT2D eigenvalue weighted by atomic mass is 79.9. The second-order valence-electron chi connectivity index (χ2n) is 4.62. The molecule has 1 N–H and O–H groups in total. The number of sulfonamides is 1. The van der Waals surface area contributed by atoms with Crippen molar-refractivity contribution in [3.05, 3.63) is 28.7 Å². The molecule has 0 radical (unpaired) electrons. The van der Waals surface area contributed by atoms with Crippen molar-refractivity contribution in [3.8, 4) is 0 Å². The zero-order chi connectivity index (χ0) is 15.3. The fourth-order valence-electron chi connectivity index (χ4n) is 1.56. The summed E-state index contributed by atoms with van der Waals surface area (Å²) in [5.74, 6) is -0.312. The van der Waals surface area contributed by atoms with Crippen molar-refractivity contribution >= 4 is 37.5 Å². The van der Waals surface area contributed by atoms with Crippen LogP contribution in [0.25, 0.3) is 0 Å². The molecule has 0 aliphatic heterocycles. The summed E-state index contributed by atoms with van der Waals surface area (Å²) in [6.45, 7) is 3.61. The van der Waals surface area contributed by atoms with Crippen LogP contribution >= 0.6 is 15.9 Å². The van der Waals surface area contributed by atoms with Gasteiger partial charge in [0.25, 0.3) is 0 Å². The van der Waals surface area contributed by atoms with Gasteiger partial charge in [0.2, 0.25) is 15.9 Å². The molecule has 7 heteroatoms. The molecule has 1 atom stereocenters. The minimum atomic E-state index is -3.51. The zero-order valence-electron chi connectivity index (χ0n) is 11.8. The molecular weight excluding hydrogens is 344 g/mol. The van der Waals surface area contributed by atoms with E-state index in [2.05, 4.69) is 21.2 Å². The fourth-order valence-corrected chi connectivity index (χ4v) is 2.68. The van der Waals surface area contributed by atoms with E-state index < -0.39 is 10.0 Å². The fraction of sp³-hybridized carbons (Fsp3) is 0.462. The summed E-state index contributed by atoms with van der Waals surface area (Å²) in [4.78, 5) is 11.9. The van der Waals surface area contributed by atoms with Crippen molar-refractivity contribution in [1.82, 2.24) is 5.32 Å². The second-order valence-corrected chi connectivity index (χ2v) is 7.45. The average Bonchev–Trinajstić information content (AvgIpc) is 2.36. The largest absolute Gasteiger partial charge is 0.352 e. The molecule has 1 rings (SSSR count). The molecule has 0 aromatic heterocycles. The van der Waals surface area contributed by atoms with Crippen LogP contribution in [0.4, 0.5) is 5.69 Å². The normalized spacial score (nSPS) is 12.8. The van der Waals surface area contributed by atoms with Crippen LogP contribution < -0.4 is 9.62 Å². The maximum Gasteiger partial charge on any atom is 0.240 e. The molecule has 20 heavy (non-hydrogen) atoms. The second kappa shape index (κ2) is 7.08. The summed E-state index contributed by atoms with van der Waals surface area (Å²) in [6, 6.07) is 6.80. The average molecular weight is 363 g/mol. The van der Waals surface area contributed by atoms with Gasteiger partial charge in [-0.1, -0.05) is 22.9 Å². The molecule has 5 nitrogen and oxygen atoms in total. The third-order valence-corrected chi connectivity index (χ3v) is 4.49. The van der Waals surface area contributed by atoms with E-state index in [1.165, 1.54) is 0 Å². The van der Waals surface area contributed by atoms with Gasteiger partial charge in [-0.2, -0.15) is 0 Å².